The molecule has 0 aliphatic heterocycles. The highest BCUT2D eigenvalue weighted by Crippen LogP contribution is 2.29. The van der Waals surface area contributed by atoms with Gasteiger partial charge in [-0.05, 0) is 38.8 Å². The Labute approximate surface area is 159 Å². The minimum Gasteiger partial charge on any atom is -0.464 e. The van der Waals surface area contributed by atoms with E-state index in [1.807, 2.05) is 31.2 Å². The Morgan fingerprint density at radius 1 is 1.22 bits per heavy atom. The van der Waals surface area contributed by atoms with Gasteiger partial charge in [0, 0.05) is 11.8 Å². The van der Waals surface area contributed by atoms with E-state index in [4.69, 9.17) is 4.74 Å². The number of aryl methyl sites for hydroxylation is 1. The summed E-state index contributed by atoms with van der Waals surface area (Å²) in [5, 5.41) is 7.45. The van der Waals surface area contributed by atoms with Crippen molar-refractivity contribution < 1.29 is 14.3 Å². The van der Waals surface area contributed by atoms with Crippen LogP contribution < -0.4 is 5.32 Å². The summed E-state index contributed by atoms with van der Waals surface area (Å²) in [6.07, 6.45) is 5.96. The van der Waals surface area contributed by atoms with Crippen LogP contribution in [0.15, 0.2) is 36.5 Å². The van der Waals surface area contributed by atoms with Crippen molar-refractivity contribution in [2.75, 3.05) is 6.61 Å². The van der Waals surface area contributed by atoms with Gasteiger partial charge in [0.25, 0.3) is 0 Å². The highest BCUT2D eigenvalue weighted by molar-refractivity contribution is 5.88. The van der Waals surface area contributed by atoms with E-state index in [1.54, 1.807) is 17.8 Å². The van der Waals surface area contributed by atoms with E-state index in [1.165, 1.54) is 0 Å². The number of amides is 1. The summed E-state index contributed by atoms with van der Waals surface area (Å²) in [4.78, 5) is 25.1. The molecule has 0 radical (unpaired) electrons. The first-order chi connectivity index (χ1) is 13.0. The monoisotopic (exact) mass is 369 g/mol. The summed E-state index contributed by atoms with van der Waals surface area (Å²) in [5.41, 5.74) is 2.11. The smallest absolute Gasteiger partial charge is 0.331 e. The van der Waals surface area contributed by atoms with Crippen LogP contribution in [0.1, 0.15) is 44.6 Å². The van der Waals surface area contributed by atoms with E-state index >= 15 is 0 Å². The van der Waals surface area contributed by atoms with Crippen molar-refractivity contribution in [3.63, 3.8) is 0 Å². The summed E-state index contributed by atoms with van der Waals surface area (Å²) in [5.74, 6) is -0.539. The van der Waals surface area contributed by atoms with Crippen LogP contribution in [0.4, 0.5) is 0 Å². The van der Waals surface area contributed by atoms with E-state index in [9.17, 15) is 9.59 Å². The molecule has 1 aliphatic carbocycles. The van der Waals surface area contributed by atoms with Gasteiger partial charge in [-0.2, -0.15) is 5.10 Å². The highest BCUT2D eigenvalue weighted by atomic mass is 16.5. The molecule has 6 heteroatoms. The maximum Gasteiger partial charge on any atom is 0.331 e. The number of aromatic nitrogens is 2. The predicted molar refractivity (Wildman–Crippen MR) is 103 cm³/mol. The minimum absolute atomic E-state index is 0.0764. The molecule has 1 heterocycles. The van der Waals surface area contributed by atoms with Crippen molar-refractivity contribution in [3.8, 4) is 11.3 Å². The number of benzene rings is 1. The van der Waals surface area contributed by atoms with E-state index in [0.29, 0.717) is 19.4 Å². The van der Waals surface area contributed by atoms with Crippen molar-refractivity contribution >= 4 is 11.9 Å². The molecular weight excluding hydrogens is 342 g/mol. The third-order valence-corrected chi connectivity index (χ3v) is 5.01. The van der Waals surface area contributed by atoms with E-state index in [-0.39, 0.29) is 18.4 Å². The molecule has 0 atom stereocenters. The number of nitrogens with zero attached hydrogens (tertiary/aromatic N) is 2. The lowest BCUT2D eigenvalue weighted by Crippen LogP contribution is -2.57. The molecule has 1 amide bonds. The molecule has 144 valence electrons. The average molecular weight is 369 g/mol. The van der Waals surface area contributed by atoms with Gasteiger partial charge >= 0.3 is 5.97 Å². The summed E-state index contributed by atoms with van der Waals surface area (Å²) >= 11 is 0. The maximum absolute atomic E-state index is 12.6. The van der Waals surface area contributed by atoms with Crippen LogP contribution in [0.3, 0.4) is 0 Å². The van der Waals surface area contributed by atoms with Gasteiger partial charge in [0.05, 0.1) is 12.3 Å². The highest BCUT2D eigenvalue weighted by Gasteiger charge is 2.42. The molecule has 1 N–H and O–H groups in total. The Morgan fingerprint density at radius 3 is 2.70 bits per heavy atom. The molecule has 2 aromatic rings. The zero-order valence-electron chi connectivity index (χ0n) is 16.0. The number of hydrogen-bond acceptors (Lipinski definition) is 4. The fraction of sp³-hybridized carbons (Fsp3) is 0.476. The second kappa shape index (κ2) is 8.37. The molecule has 0 unspecified atom stereocenters. The zero-order chi connectivity index (χ0) is 19.3. The molecular formula is C21H27N3O3. The van der Waals surface area contributed by atoms with Crippen molar-refractivity contribution in [2.24, 2.45) is 0 Å². The van der Waals surface area contributed by atoms with Crippen LogP contribution in [-0.4, -0.2) is 33.8 Å². The first-order valence-electron chi connectivity index (χ1n) is 9.61. The van der Waals surface area contributed by atoms with Gasteiger partial charge in [0.2, 0.25) is 5.91 Å². The fourth-order valence-corrected chi connectivity index (χ4v) is 3.67. The van der Waals surface area contributed by atoms with Crippen LogP contribution >= 0.6 is 0 Å². The number of carbonyl (C=O) groups excluding carboxylic acids is 2. The molecule has 1 aromatic heterocycles. The third-order valence-electron chi connectivity index (χ3n) is 5.01. The second-order valence-corrected chi connectivity index (χ2v) is 7.18. The molecule has 1 saturated carbocycles. The van der Waals surface area contributed by atoms with E-state index in [2.05, 4.69) is 16.5 Å². The summed E-state index contributed by atoms with van der Waals surface area (Å²) in [7, 11) is 0. The molecule has 1 aromatic carbocycles. The molecule has 1 fully saturated rings. The zero-order valence-corrected chi connectivity index (χ0v) is 16.0. The van der Waals surface area contributed by atoms with Gasteiger partial charge in [-0.3, -0.25) is 9.48 Å². The maximum atomic E-state index is 12.6. The van der Waals surface area contributed by atoms with E-state index in [0.717, 1.165) is 36.1 Å². The average Bonchev–Trinajstić information content (AvgIpc) is 3.11. The lowest BCUT2D eigenvalue weighted by Gasteiger charge is -2.35. The lowest BCUT2D eigenvalue weighted by molar-refractivity contribution is -0.155. The Bertz CT molecular complexity index is 807. The number of hydrogen-bond donors (Lipinski definition) is 1. The summed E-state index contributed by atoms with van der Waals surface area (Å²) in [6, 6.07) is 9.97. The molecule has 0 spiro atoms. The van der Waals surface area contributed by atoms with Crippen LogP contribution in [0.5, 0.6) is 0 Å². The molecule has 0 bridgehead atoms. The van der Waals surface area contributed by atoms with Crippen LogP contribution in [0.25, 0.3) is 11.3 Å². The summed E-state index contributed by atoms with van der Waals surface area (Å²) < 4.78 is 6.84. The number of rotatable bonds is 6. The molecule has 1 aliphatic rings. The van der Waals surface area contributed by atoms with Gasteiger partial charge in [-0.25, -0.2) is 4.79 Å². The minimum atomic E-state index is -0.891. The van der Waals surface area contributed by atoms with E-state index < -0.39 is 5.54 Å². The van der Waals surface area contributed by atoms with Crippen molar-refractivity contribution in [2.45, 2.75) is 58.0 Å². The fourth-order valence-electron chi connectivity index (χ4n) is 3.67. The van der Waals surface area contributed by atoms with Crippen molar-refractivity contribution in [1.82, 2.24) is 15.1 Å². The summed E-state index contributed by atoms with van der Waals surface area (Å²) in [6.45, 7) is 4.21. The standard InChI is InChI=1S/C21H27N3O3/c1-3-27-20(26)21(11-5-4-6-12-21)22-19(25)15-24-13-10-18(23-24)17-9-7-8-16(2)14-17/h7-10,13-14H,3-6,11-12,15H2,1-2H3,(H,22,25). The normalized spacial score (nSPS) is 15.9. The Kier molecular flexibility index (Phi) is 5.94. The van der Waals surface area contributed by atoms with Gasteiger partial charge in [0.1, 0.15) is 12.1 Å². The van der Waals surface area contributed by atoms with Crippen LogP contribution in [0.2, 0.25) is 0 Å². The van der Waals surface area contributed by atoms with Crippen molar-refractivity contribution in [3.05, 3.63) is 42.1 Å². The predicted octanol–water partition coefficient (Wildman–Crippen LogP) is 3.24. The first kappa shape index (κ1) is 19.1. The number of esters is 1. The van der Waals surface area contributed by atoms with Gasteiger partial charge in [-0.15, -0.1) is 0 Å². The van der Waals surface area contributed by atoms with Gasteiger partial charge < -0.3 is 10.1 Å². The van der Waals surface area contributed by atoms with Crippen LogP contribution in [-0.2, 0) is 20.9 Å². The van der Waals surface area contributed by atoms with Crippen LogP contribution in [0, 0.1) is 6.92 Å². The van der Waals surface area contributed by atoms with Crippen molar-refractivity contribution in [1.29, 1.82) is 0 Å². The Morgan fingerprint density at radius 2 is 2.00 bits per heavy atom. The number of ether oxygens (including phenoxy) is 1. The molecule has 0 saturated heterocycles. The molecule has 3 rings (SSSR count). The lowest BCUT2D eigenvalue weighted by atomic mass is 9.81. The molecule has 27 heavy (non-hydrogen) atoms. The third kappa shape index (κ3) is 4.56. The topological polar surface area (TPSA) is 73.2 Å². The second-order valence-electron chi connectivity index (χ2n) is 7.18. The Balaban J connectivity index is 1.68. The quantitative estimate of drug-likeness (QED) is 0.794. The largest absolute Gasteiger partial charge is 0.464 e. The number of nitrogens with one attached hydrogen (secondary N) is 1. The Hall–Kier alpha value is -2.63. The van der Waals surface area contributed by atoms with Gasteiger partial charge in [-0.1, -0.05) is 43.0 Å². The molecule has 6 nitrogen and oxygen atoms in total. The van der Waals surface area contributed by atoms with Gasteiger partial charge in [0.15, 0.2) is 0 Å². The number of carbonyl (C=O) groups is 2. The first-order valence-corrected chi connectivity index (χ1v) is 9.61. The SMILES string of the molecule is CCOC(=O)C1(NC(=O)Cn2ccc(-c3cccc(C)c3)n2)CCCCC1.